The number of urea groups is 1. The van der Waals surface area contributed by atoms with E-state index >= 15 is 0 Å². The van der Waals surface area contributed by atoms with Crippen molar-refractivity contribution < 1.29 is 4.79 Å². The molecule has 0 unspecified atom stereocenters. The van der Waals surface area contributed by atoms with Crippen molar-refractivity contribution in [1.82, 2.24) is 10.2 Å². The summed E-state index contributed by atoms with van der Waals surface area (Å²) in [5.41, 5.74) is 7.38. The van der Waals surface area contributed by atoms with Gasteiger partial charge in [-0.05, 0) is 19.4 Å². The molecule has 0 atom stereocenters. The van der Waals surface area contributed by atoms with Gasteiger partial charge in [-0.1, -0.05) is 36.5 Å². The van der Waals surface area contributed by atoms with Gasteiger partial charge < -0.3 is 16.0 Å². The number of hydrogen-bond donors (Lipinski definition) is 2. The Kier molecular flexibility index (Phi) is 5.58. The quantitative estimate of drug-likeness (QED) is 0.799. The highest BCUT2D eigenvalue weighted by molar-refractivity contribution is 7.80. The van der Waals surface area contributed by atoms with E-state index in [1.807, 2.05) is 38.1 Å². The van der Waals surface area contributed by atoms with Crippen molar-refractivity contribution in [2.24, 2.45) is 5.73 Å². The molecule has 0 heterocycles. The number of nitrogens with one attached hydrogen (secondary N) is 1. The van der Waals surface area contributed by atoms with Gasteiger partial charge in [0.05, 0.1) is 0 Å². The second-order valence-corrected chi connectivity index (χ2v) is 4.33. The van der Waals surface area contributed by atoms with E-state index < -0.39 is 0 Å². The number of nitrogens with two attached hydrogens (primary N) is 1. The van der Waals surface area contributed by atoms with Crippen LogP contribution < -0.4 is 11.1 Å². The Morgan fingerprint density at radius 1 is 1.28 bits per heavy atom. The number of carbonyl (C=O) groups is 1. The van der Waals surface area contributed by atoms with Crippen molar-refractivity contribution in [3.8, 4) is 0 Å². The first kappa shape index (κ1) is 14.4. The number of carbonyl (C=O) groups excluding carboxylic acids is 1. The first-order chi connectivity index (χ1) is 8.58. The van der Waals surface area contributed by atoms with Gasteiger partial charge >= 0.3 is 6.03 Å². The molecule has 0 bridgehead atoms. The van der Waals surface area contributed by atoms with Crippen molar-refractivity contribution in [1.29, 1.82) is 0 Å². The van der Waals surface area contributed by atoms with E-state index in [9.17, 15) is 4.79 Å². The number of benzene rings is 1. The van der Waals surface area contributed by atoms with Crippen LogP contribution in [0.15, 0.2) is 24.3 Å². The van der Waals surface area contributed by atoms with E-state index in [1.54, 1.807) is 4.90 Å². The highest BCUT2D eigenvalue weighted by Crippen LogP contribution is 2.04. The predicted octanol–water partition coefficient (Wildman–Crippen LogP) is 1.87. The molecule has 0 fully saturated rings. The largest absolute Gasteiger partial charge is 0.389 e. The minimum atomic E-state index is -0.0431. The van der Waals surface area contributed by atoms with E-state index in [0.717, 1.165) is 11.1 Å². The third-order valence-corrected chi connectivity index (χ3v) is 2.97. The lowest BCUT2D eigenvalue weighted by Gasteiger charge is -2.19. The molecular formula is C13H19N3OS. The molecule has 0 aliphatic rings. The Morgan fingerprint density at radius 3 is 2.28 bits per heavy atom. The summed E-state index contributed by atoms with van der Waals surface area (Å²) < 4.78 is 0. The summed E-state index contributed by atoms with van der Waals surface area (Å²) in [6.45, 7) is 5.85. The third kappa shape index (κ3) is 4.00. The van der Waals surface area contributed by atoms with Crippen molar-refractivity contribution >= 4 is 23.2 Å². The summed E-state index contributed by atoms with van der Waals surface area (Å²) in [6, 6.07) is 7.51. The van der Waals surface area contributed by atoms with Crippen molar-refractivity contribution in [2.45, 2.75) is 20.4 Å². The van der Waals surface area contributed by atoms with Gasteiger partial charge in [0.1, 0.15) is 4.99 Å². The van der Waals surface area contributed by atoms with Crippen LogP contribution in [0.4, 0.5) is 4.79 Å². The fourth-order valence-electron chi connectivity index (χ4n) is 1.59. The smallest absolute Gasteiger partial charge is 0.317 e. The monoisotopic (exact) mass is 265 g/mol. The molecule has 1 aromatic rings. The maximum Gasteiger partial charge on any atom is 0.317 e. The SMILES string of the molecule is CCN(CC)C(=O)NCc1ccc(C(N)=S)cc1. The predicted molar refractivity (Wildman–Crippen MR) is 77.5 cm³/mol. The molecule has 18 heavy (non-hydrogen) atoms. The van der Waals surface area contributed by atoms with Gasteiger partial charge in [0.2, 0.25) is 0 Å². The Labute approximate surface area is 113 Å². The molecule has 0 spiro atoms. The Balaban J connectivity index is 2.53. The van der Waals surface area contributed by atoms with Gasteiger partial charge in [-0.25, -0.2) is 4.79 Å². The minimum absolute atomic E-state index is 0.0431. The molecule has 2 amide bonds. The first-order valence-electron chi connectivity index (χ1n) is 6.00. The van der Waals surface area contributed by atoms with Gasteiger partial charge in [-0.15, -0.1) is 0 Å². The number of nitrogens with zero attached hydrogens (tertiary/aromatic N) is 1. The Morgan fingerprint density at radius 2 is 1.83 bits per heavy atom. The van der Waals surface area contributed by atoms with Crippen LogP contribution in [0.1, 0.15) is 25.0 Å². The highest BCUT2D eigenvalue weighted by atomic mass is 32.1. The number of thiocarbonyl (C=S) groups is 1. The van der Waals surface area contributed by atoms with Crippen LogP contribution in [0.3, 0.4) is 0 Å². The normalized spacial score (nSPS) is 9.89. The molecule has 3 N–H and O–H groups in total. The van der Waals surface area contributed by atoms with E-state index in [0.29, 0.717) is 24.6 Å². The fraction of sp³-hybridized carbons (Fsp3) is 0.385. The molecule has 98 valence electrons. The average molecular weight is 265 g/mol. The minimum Gasteiger partial charge on any atom is -0.389 e. The number of rotatable bonds is 5. The van der Waals surface area contributed by atoms with Crippen LogP contribution >= 0.6 is 12.2 Å². The Bertz CT molecular complexity index is 413. The lowest BCUT2D eigenvalue weighted by Crippen LogP contribution is -2.39. The van der Waals surface area contributed by atoms with Crippen LogP contribution in [0, 0.1) is 0 Å². The molecule has 0 saturated heterocycles. The molecule has 1 rings (SSSR count). The van der Waals surface area contributed by atoms with Gasteiger partial charge in [0.25, 0.3) is 0 Å². The third-order valence-electron chi connectivity index (χ3n) is 2.73. The summed E-state index contributed by atoms with van der Waals surface area (Å²) >= 11 is 4.88. The van der Waals surface area contributed by atoms with Crippen LogP contribution in [-0.2, 0) is 6.54 Å². The van der Waals surface area contributed by atoms with Gasteiger partial charge in [-0.2, -0.15) is 0 Å². The summed E-state index contributed by atoms with van der Waals surface area (Å²) in [5.74, 6) is 0. The molecule has 4 nitrogen and oxygen atoms in total. The van der Waals surface area contributed by atoms with Gasteiger partial charge in [0, 0.05) is 25.2 Å². The molecule has 0 aliphatic carbocycles. The second-order valence-electron chi connectivity index (χ2n) is 3.89. The summed E-state index contributed by atoms with van der Waals surface area (Å²) in [4.78, 5) is 13.9. The van der Waals surface area contributed by atoms with E-state index in [2.05, 4.69) is 5.32 Å². The van der Waals surface area contributed by atoms with E-state index in [4.69, 9.17) is 18.0 Å². The standard InChI is InChI=1S/C13H19N3OS/c1-3-16(4-2)13(17)15-9-10-5-7-11(8-6-10)12(14)18/h5-8H,3-4,9H2,1-2H3,(H2,14,18)(H,15,17). The average Bonchev–Trinajstić information content (AvgIpc) is 2.38. The summed E-state index contributed by atoms with van der Waals surface area (Å²) in [6.07, 6.45) is 0. The zero-order chi connectivity index (χ0) is 13.5. The fourth-order valence-corrected chi connectivity index (χ4v) is 1.72. The van der Waals surface area contributed by atoms with E-state index in [-0.39, 0.29) is 6.03 Å². The van der Waals surface area contributed by atoms with Crippen molar-refractivity contribution in [3.05, 3.63) is 35.4 Å². The van der Waals surface area contributed by atoms with Crippen molar-refractivity contribution in [3.63, 3.8) is 0 Å². The molecule has 1 aromatic carbocycles. The summed E-state index contributed by atoms with van der Waals surface area (Å²) in [7, 11) is 0. The maximum atomic E-state index is 11.7. The van der Waals surface area contributed by atoms with Crippen LogP contribution in [0.25, 0.3) is 0 Å². The van der Waals surface area contributed by atoms with Crippen LogP contribution in [0.5, 0.6) is 0 Å². The van der Waals surface area contributed by atoms with E-state index in [1.165, 1.54) is 0 Å². The zero-order valence-corrected chi connectivity index (χ0v) is 11.6. The molecule has 0 saturated carbocycles. The molecule has 0 aliphatic heterocycles. The zero-order valence-electron chi connectivity index (χ0n) is 10.8. The topological polar surface area (TPSA) is 58.4 Å². The molecular weight excluding hydrogens is 246 g/mol. The highest BCUT2D eigenvalue weighted by Gasteiger charge is 2.08. The van der Waals surface area contributed by atoms with Crippen LogP contribution in [-0.4, -0.2) is 29.0 Å². The lowest BCUT2D eigenvalue weighted by atomic mass is 10.1. The van der Waals surface area contributed by atoms with Gasteiger partial charge in [-0.3, -0.25) is 0 Å². The summed E-state index contributed by atoms with van der Waals surface area (Å²) in [5, 5.41) is 2.87. The van der Waals surface area contributed by atoms with Gasteiger partial charge in [0.15, 0.2) is 0 Å². The second kappa shape index (κ2) is 6.96. The van der Waals surface area contributed by atoms with Crippen LogP contribution in [0.2, 0.25) is 0 Å². The Hall–Kier alpha value is -1.62. The number of hydrogen-bond acceptors (Lipinski definition) is 2. The van der Waals surface area contributed by atoms with Crippen molar-refractivity contribution in [2.75, 3.05) is 13.1 Å². The molecule has 5 heteroatoms. The number of amides is 2. The lowest BCUT2D eigenvalue weighted by molar-refractivity contribution is 0.203. The first-order valence-corrected chi connectivity index (χ1v) is 6.40. The molecule has 0 radical (unpaired) electrons. The molecule has 0 aromatic heterocycles. The maximum absolute atomic E-state index is 11.7.